The van der Waals surface area contributed by atoms with Crippen LogP contribution in [-0.2, 0) is 0 Å². The number of nitrogens with one attached hydrogen (secondary N) is 1. The van der Waals surface area contributed by atoms with Crippen LogP contribution in [0.15, 0.2) is 18.6 Å². The van der Waals surface area contributed by atoms with Gasteiger partial charge in [0.1, 0.15) is 18.0 Å². The average molecular weight is 354 g/mol. The van der Waals surface area contributed by atoms with Crippen molar-refractivity contribution in [3.05, 3.63) is 35.9 Å². The lowest BCUT2D eigenvalue weighted by molar-refractivity contribution is 0.392. The first-order valence-corrected chi connectivity index (χ1v) is 9.63. The SMILES string of the molecule is Fc1c(C2CCC2)ncnc1N1CCC(Nc2ccnc(C3CC3)n2)C1. The van der Waals surface area contributed by atoms with Crippen LogP contribution in [0.25, 0.3) is 0 Å². The molecule has 1 saturated heterocycles. The van der Waals surface area contributed by atoms with Crippen LogP contribution in [0.2, 0.25) is 0 Å². The molecule has 26 heavy (non-hydrogen) atoms. The van der Waals surface area contributed by atoms with Gasteiger partial charge in [-0.2, -0.15) is 0 Å². The third-order valence-electron chi connectivity index (χ3n) is 5.75. The fourth-order valence-electron chi connectivity index (χ4n) is 3.83. The zero-order valence-corrected chi connectivity index (χ0v) is 14.7. The molecule has 2 saturated carbocycles. The maximum absolute atomic E-state index is 14.9. The quantitative estimate of drug-likeness (QED) is 0.889. The zero-order chi connectivity index (χ0) is 17.5. The number of hydrogen-bond donors (Lipinski definition) is 1. The first-order chi connectivity index (χ1) is 12.8. The summed E-state index contributed by atoms with van der Waals surface area (Å²) >= 11 is 0. The van der Waals surface area contributed by atoms with E-state index < -0.39 is 0 Å². The first-order valence-electron chi connectivity index (χ1n) is 9.63. The summed E-state index contributed by atoms with van der Waals surface area (Å²) in [5.74, 6) is 2.85. The molecular weight excluding hydrogens is 331 g/mol. The van der Waals surface area contributed by atoms with Crippen molar-refractivity contribution in [2.24, 2.45) is 0 Å². The Morgan fingerprint density at radius 3 is 2.69 bits per heavy atom. The smallest absolute Gasteiger partial charge is 0.187 e. The van der Waals surface area contributed by atoms with Gasteiger partial charge in [0.05, 0.1) is 5.69 Å². The predicted octanol–water partition coefficient (Wildman–Crippen LogP) is 3.24. The van der Waals surface area contributed by atoms with Gasteiger partial charge in [-0.3, -0.25) is 0 Å². The van der Waals surface area contributed by atoms with Crippen LogP contribution >= 0.6 is 0 Å². The van der Waals surface area contributed by atoms with Crippen molar-refractivity contribution in [1.29, 1.82) is 0 Å². The number of rotatable bonds is 5. The van der Waals surface area contributed by atoms with Crippen molar-refractivity contribution < 1.29 is 4.39 Å². The normalized spacial score (nSPS) is 23.1. The Balaban J connectivity index is 1.28. The Morgan fingerprint density at radius 1 is 1.04 bits per heavy atom. The highest BCUT2D eigenvalue weighted by Crippen LogP contribution is 2.39. The monoisotopic (exact) mass is 354 g/mol. The summed E-state index contributed by atoms with van der Waals surface area (Å²) in [5.41, 5.74) is 0.600. The molecule has 3 aliphatic rings. The average Bonchev–Trinajstić information content (AvgIpc) is 3.36. The number of aromatic nitrogens is 4. The predicted molar refractivity (Wildman–Crippen MR) is 96.8 cm³/mol. The highest BCUT2D eigenvalue weighted by atomic mass is 19.1. The number of halogens is 1. The summed E-state index contributed by atoms with van der Waals surface area (Å²) in [4.78, 5) is 19.5. The lowest BCUT2D eigenvalue weighted by Crippen LogP contribution is -2.28. The molecule has 0 amide bonds. The minimum absolute atomic E-state index is 0.226. The van der Waals surface area contributed by atoms with Crippen LogP contribution in [0.1, 0.15) is 61.9 Å². The van der Waals surface area contributed by atoms with E-state index in [1.807, 2.05) is 17.2 Å². The van der Waals surface area contributed by atoms with Crippen LogP contribution in [-0.4, -0.2) is 39.1 Å². The van der Waals surface area contributed by atoms with Crippen LogP contribution in [0, 0.1) is 5.82 Å². The molecule has 2 aromatic heterocycles. The molecule has 5 rings (SSSR count). The number of hydrogen-bond acceptors (Lipinski definition) is 6. The van der Waals surface area contributed by atoms with Crippen molar-refractivity contribution in [2.75, 3.05) is 23.3 Å². The van der Waals surface area contributed by atoms with Gasteiger partial charge in [-0.1, -0.05) is 6.42 Å². The van der Waals surface area contributed by atoms with Gasteiger partial charge in [-0.15, -0.1) is 0 Å². The lowest BCUT2D eigenvalue weighted by atomic mass is 9.82. The van der Waals surface area contributed by atoms with E-state index in [1.165, 1.54) is 25.6 Å². The standard InChI is InChI=1S/C19H23FN6/c20-16-17(12-2-1-3-12)22-11-23-19(16)26-9-7-14(10-26)24-15-6-8-21-18(25-15)13-4-5-13/h6,8,11-14H,1-5,7,9-10H2,(H,21,24,25). The molecule has 136 valence electrons. The molecule has 1 N–H and O–H groups in total. The number of nitrogens with zero attached hydrogens (tertiary/aromatic N) is 5. The van der Waals surface area contributed by atoms with Gasteiger partial charge in [-0.25, -0.2) is 24.3 Å². The summed E-state index contributed by atoms with van der Waals surface area (Å²) in [7, 11) is 0. The van der Waals surface area contributed by atoms with E-state index in [0.29, 0.717) is 17.4 Å². The molecular formula is C19H23FN6. The molecule has 1 unspecified atom stereocenters. The molecule has 0 bridgehead atoms. The van der Waals surface area contributed by atoms with E-state index in [0.717, 1.165) is 44.0 Å². The first kappa shape index (κ1) is 15.9. The van der Waals surface area contributed by atoms with Gasteiger partial charge in [0.2, 0.25) is 0 Å². The van der Waals surface area contributed by atoms with Gasteiger partial charge in [-0.05, 0) is 38.2 Å². The minimum Gasteiger partial charge on any atom is -0.365 e. The largest absolute Gasteiger partial charge is 0.365 e. The molecule has 7 heteroatoms. The summed E-state index contributed by atoms with van der Waals surface area (Å²) in [6.45, 7) is 1.51. The summed E-state index contributed by atoms with van der Waals surface area (Å²) in [6.07, 6.45) is 9.90. The van der Waals surface area contributed by atoms with Crippen molar-refractivity contribution in [3.8, 4) is 0 Å². The summed E-state index contributed by atoms with van der Waals surface area (Å²) in [5, 5.41) is 3.48. The van der Waals surface area contributed by atoms with E-state index in [9.17, 15) is 4.39 Å². The van der Waals surface area contributed by atoms with Crippen LogP contribution in [0.3, 0.4) is 0 Å². The second-order valence-electron chi connectivity index (χ2n) is 7.67. The molecule has 2 aliphatic carbocycles. The Labute approximate surface area is 152 Å². The minimum atomic E-state index is -0.226. The van der Waals surface area contributed by atoms with E-state index in [-0.39, 0.29) is 17.8 Å². The Kier molecular flexibility index (Phi) is 3.94. The van der Waals surface area contributed by atoms with Gasteiger partial charge < -0.3 is 10.2 Å². The van der Waals surface area contributed by atoms with E-state index in [2.05, 4.69) is 25.3 Å². The molecule has 0 aromatic carbocycles. The Bertz CT molecular complexity index is 804. The Hall–Kier alpha value is -2.31. The fourth-order valence-corrected chi connectivity index (χ4v) is 3.83. The van der Waals surface area contributed by atoms with E-state index in [1.54, 1.807) is 0 Å². The van der Waals surface area contributed by atoms with Crippen molar-refractivity contribution >= 4 is 11.6 Å². The maximum Gasteiger partial charge on any atom is 0.187 e. The molecule has 6 nitrogen and oxygen atoms in total. The Morgan fingerprint density at radius 2 is 1.92 bits per heavy atom. The van der Waals surface area contributed by atoms with Crippen LogP contribution in [0.5, 0.6) is 0 Å². The fraction of sp³-hybridized carbons (Fsp3) is 0.579. The second-order valence-corrected chi connectivity index (χ2v) is 7.67. The topological polar surface area (TPSA) is 66.8 Å². The molecule has 1 aliphatic heterocycles. The lowest BCUT2D eigenvalue weighted by Gasteiger charge is -2.26. The van der Waals surface area contributed by atoms with Crippen molar-refractivity contribution in [2.45, 2.75) is 56.4 Å². The van der Waals surface area contributed by atoms with E-state index >= 15 is 0 Å². The van der Waals surface area contributed by atoms with Crippen LogP contribution in [0.4, 0.5) is 16.0 Å². The molecule has 0 spiro atoms. The maximum atomic E-state index is 14.9. The summed E-state index contributed by atoms with van der Waals surface area (Å²) < 4.78 is 14.9. The van der Waals surface area contributed by atoms with Crippen molar-refractivity contribution in [3.63, 3.8) is 0 Å². The molecule has 2 aromatic rings. The highest BCUT2D eigenvalue weighted by Gasteiger charge is 2.31. The molecule has 1 atom stereocenters. The molecule has 3 heterocycles. The summed E-state index contributed by atoms with van der Waals surface area (Å²) in [6, 6.07) is 2.15. The molecule has 3 fully saturated rings. The van der Waals surface area contributed by atoms with Gasteiger partial charge >= 0.3 is 0 Å². The third kappa shape index (κ3) is 2.99. The zero-order valence-electron chi connectivity index (χ0n) is 14.7. The van der Waals surface area contributed by atoms with Gasteiger partial charge in [0, 0.05) is 37.2 Å². The third-order valence-corrected chi connectivity index (χ3v) is 5.75. The second kappa shape index (κ2) is 6.45. The van der Waals surface area contributed by atoms with E-state index in [4.69, 9.17) is 0 Å². The highest BCUT2D eigenvalue weighted by molar-refractivity contribution is 5.45. The van der Waals surface area contributed by atoms with Crippen LogP contribution < -0.4 is 10.2 Å². The van der Waals surface area contributed by atoms with Gasteiger partial charge in [0.25, 0.3) is 0 Å². The number of anilines is 2. The van der Waals surface area contributed by atoms with Crippen molar-refractivity contribution in [1.82, 2.24) is 19.9 Å². The molecule has 0 radical (unpaired) electrons. The van der Waals surface area contributed by atoms with Gasteiger partial charge in [0.15, 0.2) is 11.6 Å².